The van der Waals surface area contributed by atoms with E-state index < -0.39 is 25.0 Å². The summed E-state index contributed by atoms with van der Waals surface area (Å²) >= 11 is 2.08. The van der Waals surface area contributed by atoms with Gasteiger partial charge >= 0.3 is 0 Å². The normalized spacial score (nSPS) is 23.5. The molecular formula is C28H54IN5O4Si3. The predicted molar refractivity (Wildman–Crippen MR) is 183 cm³/mol. The highest BCUT2D eigenvalue weighted by Gasteiger charge is 2.54. The SMILES string of the molecule is CC(C)(C[C@@H]1C(CO[Si](C)(C)C(C)(C)C)OC(n2cnc3c(N)nc(I)nc32)[C@@H]1CC(C)(C)[Si](C)(C)O)[Si](C)(C)O. The molecule has 1 aliphatic heterocycles. The van der Waals surface area contributed by atoms with Crippen molar-refractivity contribution in [1.82, 2.24) is 19.5 Å². The van der Waals surface area contributed by atoms with E-state index in [9.17, 15) is 9.59 Å². The molecule has 13 heteroatoms. The topological polar surface area (TPSA) is 129 Å². The molecule has 4 atom stereocenters. The molecule has 2 unspecified atom stereocenters. The van der Waals surface area contributed by atoms with Crippen LogP contribution in [-0.4, -0.2) is 66.8 Å². The second-order valence-electron chi connectivity index (χ2n) is 16.0. The third-order valence-electron chi connectivity index (χ3n) is 10.6. The Kier molecular flexibility index (Phi) is 9.83. The zero-order chi connectivity index (χ0) is 31.6. The lowest BCUT2D eigenvalue weighted by Gasteiger charge is -2.43. The summed E-state index contributed by atoms with van der Waals surface area (Å²) in [5, 5.41) is -0.486. The average Bonchev–Trinajstić information content (AvgIpc) is 3.31. The van der Waals surface area contributed by atoms with Gasteiger partial charge in [0.15, 0.2) is 40.2 Å². The lowest BCUT2D eigenvalue weighted by atomic mass is 9.78. The van der Waals surface area contributed by atoms with Gasteiger partial charge in [-0.1, -0.05) is 48.5 Å². The minimum absolute atomic E-state index is 0.0267. The number of hydrogen-bond donors (Lipinski definition) is 3. The van der Waals surface area contributed by atoms with E-state index in [0.717, 1.165) is 12.8 Å². The standard InChI is InChI=1S/C28H54IN5O4Si3/c1-26(2,3)41(12,13)37-16-20-18(14-27(4,5)39(8,9)35)19(15-28(6,7)40(10,11)36)24(38-20)34-17-31-21-22(30)32-25(29)33-23(21)34/h17-20,24,35-36H,14-16H2,1-13H3,(H2,30,32,33)/t18-,19+,20?,24?/m0/s1. The zero-order valence-corrected chi connectivity index (χ0v) is 32.6. The number of nitrogens with two attached hydrogens (primary N) is 1. The van der Waals surface area contributed by atoms with E-state index in [0.29, 0.717) is 27.4 Å². The van der Waals surface area contributed by atoms with Crippen molar-refractivity contribution in [2.45, 2.75) is 128 Å². The molecule has 0 bridgehead atoms. The van der Waals surface area contributed by atoms with Crippen LogP contribution in [0.3, 0.4) is 0 Å². The molecule has 0 spiro atoms. The first-order valence-corrected chi connectivity index (χ1v) is 24.6. The Balaban J connectivity index is 2.18. The number of ether oxygens (including phenoxy) is 1. The van der Waals surface area contributed by atoms with Gasteiger partial charge in [0.25, 0.3) is 0 Å². The highest BCUT2D eigenvalue weighted by Crippen LogP contribution is 2.56. The highest BCUT2D eigenvalue weighted by atomic mass is 127. The first-order valence-electron chi connectivity index (χ1n) is 14.7. The van der Waals surface area contributed by atoms with Gasteiger partial charge in [0, 0.05) is 28.5 Å². The second kappa shape index (κ2) is 11.5. The summed E-state index contributed by atoms with van der Waals surface area (Å²) in [5.74, 6) is 0.462. The second-order valence-corrected chi connectivity index (χ2v) is 30.7. The molecule has 1 saturated heterocycles. The molecule has 0 radical (unpaired) electrons. The van der Waals surface area contributed by atoms with Crippen LogP contribution in [0.1, 0.15) is 67.5 Å². The maximum absolute atomic E-state index is 11.4. The quantitative estimate of drug-likeness (QED) is 0.137. The van der Waals surface area contributed by atoms with Crippen LogP contribution in [0.25, 0.3) is 11.2 Å². The van der Waals surface area contributed by atoms with E-state index in [2.05, 4.69) is 94.1 Å². The van der Waals surface area contributed by atoms with Crippen LogP contribution in [-0.2, 0) is 9.16 Å². The average molecular weight is 736 g/mol. The Hall–Kier alpha value is -0.429. The van der Waals surface area contributed by atoms with Gasteiger partial charge in [-0.25, -0.2) is 15.0 Å². The largest absolute Gasteiger partial charge is 0.432 e. The smallest absolute Gasteiger partial charge is 0.194 e. The number of halogens is 1. The summed E-state index contributed by atoms with van der Waals surface area (Å²) < 4.78 is 16.4. The van der Waals surface area contributed by atoms with Crippen LogP contribution in [0.4, 0.5) is 5.82 Å². The number of fused-ring (bicyclic) bond motifs is 1. The van der Waals surface area contributed by atoms with Crippen molar-refractivity contribution in [3.05, 3.63) is 10.2 Å². The Labute approximate surface area is 264 Å². The summed E-state index contributed by atoms with van der Waals surface area (Å²) in [6.45, 7) is 28.6. The van der Waals surface area contributed by atoms with Crippen LogP contribution in [0.2, 0.25) is 54.4 Å². The Morgan fingerprint density at radius 3 is 1.93 bits per heavy atom. The molecule has 0 saturated carbocycles. The van der Waals surface area contributed by atoms with Crippen molar-refractivity contribution in [3.8, 4) is 0 Å². The minimum Gasteiger partial charge on any atom is -0.432 e. The molecule has 3 rings (SSSR count). The zero-order valence-electron chi connectivity index (χ0n) is 27.5. The summed E-state index contributed by atoms with van der Waals surface area (Å²) in [5.41, 5.74) is 7.46. The molecule has 41 heavy (non-hydrogen) atoms. The van der Waals surface area contributed by atoms with Crippen molar-refractivity contribution in [3.63, 3.8) is 0 Å². The van der Waals surface area contributed by atoms with E-state index in [4.69, 9.17) is 19.9 Å². The first kappa shape index (κ1) is 35.1. The molecule has 0 amide bonds. The number of rotatable bonds is 10. The van der Waals surface area contributed by atoms with Gasteiger partial charge in [-0.3, -0.25) is 4.57 Å². The Morgan fingerprint density at radius 1 is 0.927 bits per heavy atom. The summed E-state index contributed by atoms with van der Waals surface area (Å²) in [4.78, 5) is 36.3. The molecule has 9 nitrogen and oxygen atoms in total. The molecule has 1 aliphatic rings. The number of nitrogens with zero attached hydrogens (tertiary/aromatic N) is 4. The van der Waals surface area contributed by atoms with Crippen molar-refractivity contribution < 1.29 is 18.8 Å². The Bertz CT molecular complexity index is 1230. The lowest BCUT2D eigenvalue weighted by molar-refractivity contribution is -0.0353. The van der Waals surface area contributed by atoms with E-state index in [1.54, 1.807) is 6.33 Å². The summed E-state index contributed by atoms with van der Waals surface area (Å²) in [6.07, 6.45) is 2.75. The van der Waals surface area contributed by atoms with Crippen molar-refractivity contribution in [2.24, 2.45) is 11.8 Å². The maximum Gasteiger partial charge on any atom is 0.194 e. The van der Waals surface area contributed by atoms with Crippen LogP contribution < -0.4 is 5.73 Å². The number of imidazole rings is 1. The van der Waals surface area contributed by atoms with Gasteiger partial charge in [0.05, 0.1) is 19.0 Å². The summed E-state index contributed by atoms with van der Waals surface area (Å²) in [6, 6.07) is 0. The monoisotopic (exact) mass is 735 g/mol. The van der Waals surface area contributed by atoms with Crippen molar-refractivity contribution in [2.75, 3.05) is 12.3 Å². The van der Waals surface area contributed by atoms with Crippen LogP contribution in [0.15, 0.2) is 6.33 Å². The van der Waals surface area contributed by atoms with Crippen LogP contribution in [0.5, 0.6) is 0 Å². The van der Waals surface area contributed by atoms with E-state index in [1.165, 1.54) is 0 Å². The fourth-order valence-corrected chi connectivity index (χ4v) is 8.09. The number of aromatic nitrogens is 4. The van der Waals surface area contributed by atoms with Gasteiger partial charge in [-0.2, -0.15) is 0 Å². The number of nitrogen functional groups attached to an aromatic ring is 1. The molecule has 0 aliphatic carbocycles. The van der Waals surface area contributed by atoms with Crippen LogP contribution in [0, 0.1) is 15.7 Å². The van der Waals surface area contributed by atoms with E-state index in [-0.39, 0.29) is 39.3 Å². The fourth-order valence-electron chi connectivity index (χ4n) is 5.12. The number of anilines is 1. The minimum atomic E-state index is -2.55. The highest BCUT2D eigenvalue weighted by molar-refractivity contribution is 14.1. The molecule has 4 N–H and O–H groups in total. The molecule has 2 aromatic heterocycles. The van der Waals surface area contributed by atoms with Crippen molar-refractivity contribution in [1.29, 1.82) is 0 Å². The summed E-state index contributed by atoms with van der Waals surface area (Å²) in [7, 11) is -7.13. The van der Waals surface area contributed by atoms with Gasteiger partial charge < -0.3 is 24.5 Å². The molecule has 234 valence electrons. The molecule has 1 fully saturated rings. The fraction of sp³-hybridized carbons (Fsp3) is 0.821. The van der Waals surface area contributed by atoms with Gasteiger partial charge in [0.2, 0.25) is 0 Å². The lowest BCUT2D eigenvalue weighted by Crippen LogP contribution is -2.46. The molecule has 0 aromatic carbocycles. The van der Waals surface area contributed by atoms with Gasteiger partial charge in [0.1, 0.15) is 11.7 Å². The first-order chi connectivity index (χ1) is 18.3. The van der Waals surface area contributed by atoms with Gasteiger partial charge in [-0.05, 0) is 73.2 Å². The van der Waals surface area contributed by atoms with Crippen molar-refractivity contribution >= 4 is 64.5 Å². The van der Waals surface area contributed by atoms with E-state index >= 15 is 0 Å². The molecule has 3 heterocycles. The maximum atomic E-state index is 11.4. The van der Waals surface area contributed by atoms with Gasteiger partial charge in [-0.15, -0.1) is 0 Å². The Morgan fingerprint density at radius 2 is 1.44 bits per heavy atom. The number of hydrogen-bond acceptors (Lipinski definition) is 8. The van der Waals surface area contributed by atoms with E-state index in [1.807, 2.05) is 30.8 Å². The van der Waals surface area contributed by atoms with Crippen LogP contribution >= 0.6 is 22.6 Å². The third-order valence-corrected chi connectivity index (χ3v) is 22.6. The predicted octanol–water partition coefficient (Wildman–Crippen LogP) is 6.90. The molecular weight excluding hydrogens is 682 g/mol. The molecule has 2 aromatic rings. The third kappa shape index (κ3) is 7.28.